The maximum Gasteiger partial charge on any atom is 0.137 e. The third-order valence-corrected chi connectivity index (χ3v) is 17.0. The largest absolute Gasteiger partial charge is 0.456 e. The molecule has 16 aromatic rings. The number of hydrogen-bond acceptors (Lipinski definition) is 6. The van der Waals surface area contributed by atoms with E-state index in [4.69, 9.17) is 8.83 Å². The molecule has 0 spiro atoms. The second-order valence-corrected chi connectivity index (χ2v) is 21.0. The highest BCUT2D eigenvalue weighted by Crippen LogP contribution is 2.47. The van der Waals surface area contributed by atoms with Gasteiger partial charge in [0, 0.05) is 108 Å². The lowest BCUT2D eigenvalue weighted by molar-refractivity contribution is 0.669. The van der Waals surface area contributed by atoms with Gasteiger partial charge in [0.05, 0.1) is 0 Å². The Morgan fingerprint density at radius 3 is 1.08 bits per heavy atom. The quantitative estimate of drug-likeness (QED) is 0.166. The summed E-state index contributed by atoms with van der Waals surface area (Å²) >= 11 is 3.73. The Hall–Kier alpha value is -8.94. The molecule has 0 radical (unpaired) electrons. The first-order valence-electron chi connectivity index (χ1n) is 24.3. The average molecular weight is 955 g/mol. The Morgan fingerprint density at radius 1 is 0.236 bits per heavy atom. The number of nitrogens with zero attached hydrogens (tertiary/aromatic N) is 2. The lowest BCUT2D eigenvalue weighted by Crippen LogP contribution is -2.09. The molecule has 0 saturated carbocycles. The molecule has 336 valence electrons. The molecule has 16 rings (SSSR count). The van der Waals surface area contributed by atoms with E-state index in [1.54, 1.807) is 0 Å². The summed E-state index contributed by atoms with van der Waals surface area (Å²) in [5, 5.41) is 17.0. The molecule has 0 aliphatic rings. The molecule has 0 amide bonds. The smallest absolute Gasteiger partial charge is 0.137 e. The molecule has 0 saturated heterocycles. The fraction of sp³-hybridized carbons (Fsp3) is 0. The second kappa shape index (κ2) is 15.3. The van der Waals surface area contributed by atoms with Crippen molar-refractivity contribution in [3.8, 4) is 0 Å². The van der Waals surface area contributed by atoms with Crippen LogP contribution in [0.3, 0.4) is 0 Å². The van der Waals surface area contributed by atoms with Crippen LogP contribution in [0.25, 0.3) is 117 Å². The molecule has 4 heterocycles. The Morgan fingerprint density at radius 2 is 0.625 bits per heavy atom. The number of furan rings is 2. The van der Waals surface area contributed by atoms with Crippen molar-refractivity contribution in [3.63, 3.8) is 0 Å². The van der Waals surface area contributed by atoms with Crippen molar-refractivity contribution in [1.82, 2.24) is 0 Å². The molecular formula is C66H38N2O2S2. The monoisotopic (exact) mass is 954 g/mol. The number of para-hydroxylation sites is 2. The molecule has 0 aliphatic heterocycles. The summed E-state index contributed by atoms with van der Waals surface area (Å²) in [7, 11) is 0. The van der Waals surface area contributed by atoms with E-state index in [0.29, 0.717) is 0 Å². The van der Waals surface area contributed by atoms with Crippen LogP contribution in [-0.2, 0) is 0 Å². The molecule has 6 heteroatoms. The third-order valence-electron chi connectivity index (χ3n) is 14.7. The van der Waals surface area contributed by atoms with Crippen molar-refractivity contribution < 1.29 is 8.83 Å². The van der Waals surface area contributed by atoms with Gasteiger partial charge >= 0.3 is 0 Å². The molecule has 0 bridgehead atoms. The Bertz CT molecular complexity index is 4580. The van der Waals surface area contributed by atoms with Crippen molar-refractivity contribution in [3.05, 3.63) is 231 Å². The van der Waals surface area contributed by atoms with Crippen LogP contribution in [0.15, 0.2) is 239 Å². The van der Waals surface area contributed by atoms with Gasteiger partial charge in [0.2, 0.25) is 0 Å². The third kappa shape index (κ3) is 6.03. The number of rotatable bonds is 6. The van der Waals surface area contributed by atoms with E-state index >= 15 is 0 Å². The normalized spacial score (nSPS) is 12.2. The Balaban J connectivity index is 0.780. The van der Waals surface area contributed by atoms with Crippen LogP contribution in [-0.4, -0.2) is 0 Å². The highest BCUT2D eigenvalue weighted by Gasteiger charge is 2.21. The minimum Gasteiger partial charge on any atom is -0.456 e. The zero-order valence-corrected chi connectivity index (χ0v) is 40.1. The molecule has 0 aliphatic carbocycles. The van der Waals surface area contributed by atoms with Gasteiger partial charge in [0.1, 0.15) is 22.3 Å². The van der Waals surface area contributed by atoms with Crippen LogP contribution >= 0.6 is 22.7 Å². The summed E-state index contributed by atoms with van der Waals surface area (Å²) in [6.45, 7) is 0. The van der Waals surface area contributed by atoms with Gasteiger partial charge in [-0.15, -0.1) is 22.7 Å². The molecular weight excluding hydrogens is 917 g/mol. The number of benzene rings is 12. The van der Waals surface area contributed by atoms with Gasteiger partial charge in [-0.25, -0.2) is 0 Å². The van der Waals surface area contributed by atoms with Crippen molar-refractivity contribution in [2.45, 2.75) is 0 Å². The summed E-state index contributed by atoms with van der Waals surface area (Å²) in [5.74, 6) is 0. The van der Waals surface area contributed by atoms with E-state index < -0.39 is 0 Å². The van der Waals surface area contributed by atoms with E-state index in [9.17, 15) is 0 Å². The summed E-state index contributed by atoms with van der Waals surface area (Å²) in [4.78, 5) is 4.69. The van der Waals surface area contributed by atoms with Crippen molar-refractivity contribution in [1.29, 1.82) is 0 Å². The molecule has 72 heavy (non-hydrogen) atoms. The first kappa shape index (κ1) is 39.9. The molecule has 0 fully saturated rings. The van der Waals surface area contributed by atoms with Crippen LogP contribution in [0.2, 0.25) is 0 Å². The number of hydrogen-bond donors (Lipinski definition) is 0. The van der Waals surface area contributed by atoms with Gasteiger partial charge in [-0.05, 0) is 142 Å². The topological polar surface area (TPSA) is 32.8 Å². The number of anilines is 6. The van der Waals surface area contributed by atoms with Crippen LogP contribution < -0.4 is 9.80 Å². The summed E-state index contributed by atoms with van der Waals surface area (Å²) in [6.07, 6.45) is 0. The van der Waals surface area contributed by atoms with Crippen molar-refractivity contribution in [2.75, 3.05) is 9.80 Å². The summed E-state index contributed by atoms with van der Waals surface area (Å²) in [6, 6.07) is 83.6. The van der Waals surface area contributed by atoms with Gasteiger partial charge < -0.3 is 18.6 Å². The Labute approximate surface area is 420 Å². The van der Waals surface area contributed by atoms with E-state index in [0.717, 1.165) is 78.0 Å². The number of fused-ring (bicyclic) bond motifs is 17. The van der Waals surface area contributed by atoms with Crippen molar-refractivity contribution >= 4 is 173 Å². The molecule has 4 nitrogen and oxygen atoms in total. The van der Waals surface area contributed by atoms with Crippen molar-refractivity contribution in [2.24, 2.45) is 0 Å². The highest BCUT2D eigenvalue weighted by molar-refractivity contribution is 7.26. The first-order chi connectivity index (χ1) is 35.6. The average Bonchev–Trinajstić information content (AvgIpc) is 4.19. The predicted molar refractivity (Wildman–Crippen MR) is 309 cm³/mol. The zero-order valence-electron chi connectivity index (χ0n) is 38.5. The fourth-order valence-corrected chi connectivity index (χ4v) is 13.8. The molecule has 0 unspecified atom stereocenters. The van der Waals surface area contributed by atoms with Gasteiger partial charge in [-0.1, -0.05) is 109 Å². The van der Waals surface area contributed by atoms with Crippen LogP contribution in [0.5, 0.6) is 0 Å². The minimum atomic E-state index is 0.878. The maximum atomic E-state index is 6.57. The lowest BCUT2D eigenvalue weighted by Gasteiger charge is -2.25. The number of thiophene rings is 2. The zero-order chi connectivity index (χ0) is 47.0. The first-order valence-corrected chi connectivity index (χ1v) is 25.9. The molecule has 12 aromatic carbocycles. The summed E-state index contributed by atoms with van der Waals surface area (Å²) < 4.78 is 18.2. The van der Waals surface area contributed by atoms with E-state index in [1.807, 2.05) is 22.7 Å². The van der Waals surface area contributed by atoms with E-state index in [2.05, 4.69) is 240 Å². The van der Waals surface area contributed by atoms with Gasteiger partial charge in [0.15, 0.2) is 0 Å². The van der Waals surface area contributed by atoms with Gasteiger partial charge in [-0.3, -0.25) is 0 Å². The SMILES string of the molecule is c1ccc(N(c2ccc3c(c2)oc2ccc4ccccc4c23)c2ccc3c(c2)sc2cc4cc5c(cc4cc23)sc2cc(N(c3ccccc3)c3ccc4c(c3)oc3ccc6ccccc6c34)ccc25)cc1. The molecule has 0 N–H and O–H groups in total. The van der Waals surface area contributed by atoms with E-state index in [-0.39, 0.29) is 0 Å². The van der Waals surface area contributed by atoms with Crippen LogP contribution in [0.1, 0.15) is 0 Å². The molecule has 4 aromatic heterocycles. The fourth-order valence-electron chi connectivity index (χ4n) is 11.4. The predicted octanol–water partition coefficient (Wildman–Crippen LogP) is 20.6. The minimum absolute atomic E-state index is 0.878. The summed E-state index contributed by atoms with van der Waals surface area (Å²) in [5.41, 5.74) is 10.1. The maximum absolute atomic E-state index is 6.57. The lowest BCUT2D eigenvalue weighted by atomic mass is 10.0. The second-order valence-electron chi connectivity index (χ2n) is 18.8. The van der Waals surface area contributed by atoms with Crippen LogP contribution in [0, 0.1) is 0 Å². The van der Waals surface area contributed by atoms with E-state index in [1.165, 1.54) is 72.7 Å². The van der Waals surface area contributed by atoms with Crippen LogP contribution in [0.4, 0.5) is 34.1 Å². The van der Waals surface area contributed by atoms with Gasteiger partial charge in [0.25, 0.3) is 0 Å². The molecule has 0 atom stereocenters. The standard InChI is InChI=1S/C66H38N2O2S2/c1-3-13-43(14-4-1)67(45-23-27-53-59(35-45)69-57-29-19-39-11-7-9-17-49(39)65(53)57)47-21-25-51-55-31-41-34-62-56(32-42(41)33-61(55)71-63(51)37-47)52-26-22-48(38-64(52)72-62)68(44-15-5-2-6-16-44)46-24-28-54-60(36-46)70-58-30-20-40-12-8-10-18-50(40)66(54)58/h1-38H. The highest BCUT2D eigenvalue weighted by atomic mass is 32.1. The Kier molecular flexibility index (Phi) is 8.46. The van der Waals surface area contributed by atoms with Gasteiger partial charge in [-0.2, -0.15) is 0 Å².